The van der Waals surface area contributed by atoms with E-state index in [1.807, 2.05) is 65.5 Å². The van der Waals surface area contributed by atoms with Crippen molar-refractivity contribution < 1.29 is 4.74 Å². The molecular weight excluding hydrogens is 460 g/mol. The summed E-state index contributed by atoms with van der Waals surface area (Å²) >= 11 is 6.13. The Hall–Kier alpha value is -3.74. The normalized spacial score (nSPS) is 14.4. The number of ether oxygens (including phenoxy) is 1. The number of rotatable bonds is 4. The first-order valence-electron chi connectivity index (χ1n) is 11.7. The SMILES string of the molecule is O=c1c2cn(C3CCOCC3)nc2nc(-c2ccc(-c3ccccc3)cc2)n1-c1ccc(Cl)cc1. The van der Waals surface area contributed by atoms with E-state index < -0.39 is 0 Å². The Morgan fingerprint density at radius 1 is 0.829 bits per heavy atom. The third kappa shape index (κ3) is 4.16. The van der Waals surface area contributed by atoms with Crippen LogP contribution in [0.5, 0.6) is 0 Å². The maximum atomic E-state index is 13.8. The van der Waals surface area contributed by atoms with Crippen molar-refractivity contribution >= 4 is 22.6 Å². The second kappa shape index (κ2) is 9.13. The second-order valence-electron chi connectivity index (χ2n) is 8.69. The number of hydrogen-bond donors (Lipinski definition) is 0. The Balaban J connectivity index is 1.51. The van der Waals surface area contributed by atoms with Crippen molar-refractivity contribution in [1.29, 1.82) is 0 Å². The van der Waals surface area contributed by atoms with E-state index in [1.165, 1.54) is 0 Å². The molecule has 3 aromatic carbocycles. The fourth-order valence-corrected chi connectivity index (χ4v) is 4.71. The van der Waals surface area contributed by atoms with E-state index in [-0.39, 0.29) is 11.6 Å². The Kier molecular flexibility index (Phi) is 5.68. The summed E-state index contributed by atoms with van der Waals surface area (Å²) in [6, 6.07) is 25.7. The zero-order chi connectivity index (χ0) is 23.8. The summed E-state index contributed by atoms with van der Waals surface area (Å²) in [5, 5.41) is 5.82. The summed E-state index contributed by atoms with van der Waals surface area (Å²) in [5.74, 6) is 0.543. The lowest BCUT2D eigenvalue weighted by atomic mass is 10.0. The van der Waals surface area contributed by atoms with Crippen LogP contribution in [0.3, 0.4) is 0 Å². The number of halogens is 1. The minimum atomic E-state index is -0.155. The number of nitrogens with zero attached hydrogens (tertiary/aromatic N) is 4. The van der Waals surface area contributed by atoms with E-state index >= 15 is 0 Å². The van der Waals surface area contributed by atoms with Gasteiger partial charge in [-0.25, -0.2) is 4.98 Å². The van der Waals surface area contributed by atoms with Gasteiger partial charge in [-0.2, -0.15) is 5.10 Å². The van der Waals surface area contributed by atoms with Crippen molar-refractivity contribution in [2.24, 2.45) is 0 Å². The molecule has 3 heterocycles. The quantitative estimate of drug-likeness (QED) is 0.319. The van der Waals surface area contributed by atoms with E-state index in [9.17, 15) is 4.79 Å². The average molecular weight is 483 g/mol. The van der Waals surface area contributed by atoms with Crippen molar-refractivity contribution in [2.75, 3.05) is 13.2 Å². The Bertz CT molecular complexity index is 1540. The Labute approximate surface area is 207 Å². The molecule has 0 aliphatic carbocycles. The highest BCUT2D eigenvalue weighted by molar-refractivity contribution is 6.30. The Morgan fingerprint density at radius 2 is 1.49 bits per heavy atom. The van der Waals surface area contributed by atoms with E-state index in [1.54, 1.807) is 16.7 Å². The third-order valence-corrected chi connectivity index (χ3v) is 6.72. The molecule has 1 aliphatic heterocycles. The molecule has 0 saturated carbocycles. The molecule has 1 fully saturated rings. The van der Waals surface area contributed by atoms with Crippen LogP contribution in [0.4, 0.5) is 0 Å². The molecule has 0 spiro atoms. The zero-order valence-electron chi connectivity index (χ0n) is 19.0. The molecule has 35 heavy (non-hydrogen) atoms. The van der Waals surface area contributed by atoms with E-state index in [2.05, 4.69) is 12.1 Å². The van der Waals surface area contributed by atoms with E-state index in [0.29, 0.717) is 40.8 Å². The van der Waals surface area contributed by atoms with Crippen LogP contribution < -0.4 is 5.56 Å². The number of hydrogen-bond acceptors (Lipinski definition) is 4. The van der Waals surface area contributed by atoms with Gasteiger partial charge in [0.1, 0.15) is 11.2 Å². The highest BCUT2D eigenvalue weighted by Crippen LogP contribution is 2.27. The van der Waals surface area contributed by atoms with Gasteiger partial charge in [0.15, 0.2) is 5.65 Å². The summed E-state index contributed by atoms with van der Waals surface area (Å²) < 4.78 is 9.02. The van der Waals surface area contributed by atoms with E-state index in [4.69, 9.17) is 26.4 Å². The molecule has 0 atom stereocenters. The summed E-state index contributed by atoms with van der Waals surface area (Å²) in [4.78, 5) is 18.7. The van der Waals surface area contributed by atoms with Crippen molar-refractivity contribution in [3.63, 3.8) is 0 Å². The van der Waals surface area contributed by atoms with Crippen LogP contribution in [0.2, 0.25) is 5.02 Å². The van der Waals surface area contributed by atoms with Gasteiger partial charge in [-0.1, -0.05) is 66.2 Å². The van der Waals surface area contributed by atoms with Crippen LogP contribution in [0.15, 0.2) is 89.9 Å². The maximum absolute atomic E-state index is 13.8. The van der Waals surface area contributed by atoms with Crippen molar-refractivity contribution in [3.05, 3.63) is 100 Å². The largest absolute Gasteiger partial charge is 0.381 e. The highest BCUT2D eigenvalue weighted by Gasteiger charge is 2.21. The van der Waals surface area contributed by atoms with Gasteiger partial charge in [0.25, 0.3) is 5.56 Å². The van der Waals surface area contributed by atoms with Gasteiger partial charge in [-0.05, 0) is 48.2 Å². The van der Waals surface area contributed by atoms with Crippen molar-refractivity contribution in [3.8, 4) is 28.2 Å². The predicted molar refractivity (Wildman–Crippen MR) is 138 cm³/mol. The molecule has 174 valence electrons. The molecule has 6 nitrogen and oxygen atoms in total. The average Bonchev–Trinajstić information content (AvgIpc) is 3.35. The molecule has 0 unspecified atom stereocenters. The molecule has 7 heteroatoms. The molecule has 0 N–H and O–H groups in total. The zero-order valence-corrected chi connectivity index (χ0v) is 19.7. The minimum Gasteiger partial charge on any atom is -0.381 e. The molecule has 1 aliphatic rings. The molecular formula is C28H23ClN4O2. The van der Waals surface area contributed by atoms with Crippen LogP contribution in [0.1, 0.15) is 18.9 Å². The fourth-order valence-electron chi connectivity index (χ4n) is 4.58. The summed E-state index contributed by atoms with van der Waals surface area (Å²) in [5.41, 5.74) is 4.06. The summed E-state index contributed by atoms with van der Waals surface area (Å²) in [7, 11) is 0. The molecule has 1 saturated heterocycles. The molecule has 5 aromatic rings. The van der Waals surface area contributed by atoms with Crippen LogP contribution in [0.25, 0.3) is 39.2 Å². The first-order chi connectivity index (χ1) is 17.2. The smallest absolute Gasteiger partial charge is 0.269 e. The lowest BCUT2D eigenvalue weighted by Gasteiger charge is -2.21. The van der Waals surface area contributed by atoms with Crippen molar-refractivity contribution in [1.82, 2.24) is 19.3 Å². The number of aromatic nitrogens is 4. The topological polar surface area (TPSA) is 61.9 Å². The summed E-state index contributed by atoms with van der Waals surface area (Å²) in [6.45, 7) is 1.39. The predicted octanol–water partition coefficient (Wildman–Crippen LogP) is 5.92. The van der Waals surface area contributed by atoms with E-state index in [0.717, 1.165) is 29.5 Å². The van der Waals surface area contributed by atoms with Crippen molar-refractivity contribution in [2.45, 2.75) is 18.9 Å². The lowest BCUT2D eigenvalue weighted by molar-refractivity contribution is 0.0664. The van der Waals surface area contributed by atoms with Gasteiger partial charge >= 0.3 is 0 Å². The molecule has 2 aromatic heterocycles. The molecule has 0 amide bonds. The van der Waals surface area contributed by atoms with Gasteiger partial charge in [0, 0.05) is 30.0 Å². The first kappa shape index (κ1) is 21.8. The fraction of sp³-hybridized carbons (Fsp3) is 0.179. The highest BCUT2D eigenvalue weighted by atomic mass is 35.5. The van der Waals surface area contributed by atoms with Gasteiger partial charge in [-0.15, -0.1) is 0 Å². The van der Waals surface area contributed by atoms with Crippen LogP contribution in [0, 0.1) is 0 Å². The van der Waals surface area contributed by atoms with Crippen LogP contribution in [-0.2, 0) is 4.74 Å². The number of benzene rings is 3. The van der Waals surface area contributed by atoms with Gasteiger partial charge in [-0.3, -0.25) is 14.0 Å². The standard InChI is InChI=1S/C28H23ClN4O2/c29-22-10-12-24(13-11-22)33-27(21-8-6-20(7-9-21)19-4-2-1-3-5-19)30-26-25(28(33)34)18-32(31-26)23-14-16-35-17-15-23/h1-13,18,23H,14-17H2. The third-order valence-electron chi connectivity index (χ3n) is 6.47. The molecule has 0 radical (unpaired) electrons. The minimum absolute atomic E-state index is 0.155. The van der Waals surface area contributed by atoms with Crippen LogP contribution >= 0.6 is 11.6 Å². The summed E-state index contributed by atoms with van der Waals surface area (Å²) in [6.07, 6.45) is 3.57. The van der Waals surface area contributed by atoms with Gasteiger partial charge in [0.2, 0.25) is 0 Å². The first-order valence-corrected chi connectivity index (χ1v) is 12.1. The van der Waals surface area contributed by atoms with Crippen LogP contribution in [-0.4, -0.2) is 32.5 Å². The second-order valence-corrected chi connectivity index (χ2v) is 9.12. The van der Waals surface area contributed by atoms with Gasteiger partial charge in [0.05, 0.1) is 11.7 Å². The monoisotopic (exact) mass is 482 g/mol. The molecule has 0 bridgehead atoms. The molecule has 6 rings (SSSR count). The number of fused-ring (bicyclic) bond motifs is 1. The van der Waals surface area contributed by atoms with Gasteiger partial charge < -0.3 is 4.74 Å². The maximum Gasteiger partial charge on any atom is 0.269 e. The Morgan fingerprint density at radius 3 is 2.20 bits per heavy atom. The lowest BCUT2D eigenvalue weighted by Crippen LogP contribution is -2.21.